The lowest BCUT2D eigenvalue weighted by molar-refractivity contribution is -0.134. The van der Waals surface area contributed by atoms with Gasteiger partial charge >= 0.3 is 11.7 Å². The second-order valence-corrected chi connectivity index (χ2v) is 12.2. The number of hydrogen-bond donors (Lipinski definition) is 6. The molecular weight excluding hydrogens is 596 g/mol. The summed E-state index contributed by atoms with van der Waals surface area (Å²) in [5.41, 5.74) is -1.29. The molecule has 6 N–H and O–H groups in total. The number of fused-ring (bicyclic) bond motifs is 1. The first kappa shape index (κ1) is 30.0. The zero-order valence-corrected chi connectivity index (χ0v) is 23.3. The predicted molar refractivity (Wildman–Crippen MR) is 149 cm³/mol. The third-order valence-electron chi connectivity index (χ3n) is 5.53. The monoisotopic (exact) mass is 618 g/mol. The molecule has 19 heteroatoms. The highest BCUT2D eigenvalue weighted by Crippen LogP contribution is 2.42. The third-order valence-corrected chi connectivity index (χ3v) is 8.22. The van der Waals surface area contributed by atoms with Crippen LogP contribution in [-0.4, -0.2) is 77.5 Å². The smallest absolute Gasteiger partial charge is 0.351 e. The number of benzene rings is 3. The molecule has 0 bridgehead atoms. The van der Waals surface area contributed by atoms with Crippen LogP contribution in [0.5, 0.6) is 5.75 Å². The Morgan fingerprint density at radius 3 is 2.38 bits per heavy atom. The second kappa shape index (κ2) is 11.5. The van der Waals surface area contributed by atoms with Crippen LogP contribution in [0.3, 0.4) is 0 Å². The number of carboxylic acids is 1. The van der Waals surface area contributed by atoms with Gasteiger partial charge in [-0.15, -0.1) is 10.2 Å². The molecule has 42 heavy (non-hydrogen) atoms. The molecule has 0 aliphatic rings. The predicted octanol–water partition coefficient (Wildman–Crippen LogP) is 2.18. The molecule has 220 valence electrons. The number of aromatic hydroxyl groups is 1. The summed E-state index contributed by atoms with van der Waals surface area (Å²) in [6, 6.07) is 10.4. The molecule has 0 aliphatic heterocycles. The Bertz CT molecular complexity index is 2010. The molecule has 0 spiro atoms. The van der Waals surface area contributed by atoms with E-state index in [2.05, 4.69) is 35.8 Å². The van der Waals surface area contributed by atoms with Crippen LogP contribution in [0.4, 0.5) is 29.0 Å². The SMILES string of the molecule is CN(C)S(=O)(=O)c1ccccc1N=Nc1ccc2cc(S(=O)(=O)O)cc(Nc3nc(NCC(=O)O)nc(=O)[nH]3)c2c1O. The van der Waals surface area contributed by atoms with Crippen molar-refractivity contribution in [1.82, 2.24) is 19.3 Å². The number of aliphatic carboxylic acids is 1. The van der Waals surface area contributed by atoms with Crippen molar-refractivity contribution in [2.75, 3.05) is 31.3 Å². The van der Waals surface area contributed by atoms with Crippen LogP contribution < -0.4 is 16.3 Å². The highest BCUT2D eigenvalue weighted by molar-refractivity contribution is 7.89. The number of azo groups is 1. The molecule has 3 aromatic carbocycles. The summed E-state index contributed by atoms with van der Waals surface area (Å²) in [4.78, 5) is 31.8. The fraction of sp³-hybridized carbons (Fsp3) is 0.130. The van der Waals surface area contributed by atoms with E-state index in [1.54, 1.807) is 6.07 Å². The zero-order chi connectivity index (χ0) is 30.8. The Balaban J connectivity index is 1.85. The molecular formula is C23H22N8O9S2. The minimum atomic E-state index is -4.75. The van der Waals surface area contributed by atoms with Crippen molar-refractivity contribution in [3.8, 4) is 5.75 Å². The first-order valence-electron chi connectivity index (χ1n) is 11.6. The van der Waals surface area contributed by atoms with Gasteiger partial charge in [-0.2, -0.15) is 18.4 Å². The first-order valence-corrected chi connectivity index (χ1v) is 14.5. The van der Waals surface area contributed by atoms with Gasteiger partial charge in [-0.25, -0.2) is 17.5 Å². The summed E-state index contributed by atoms with van der Waals surface area (Å²) >= 11 is 0. The van der Waals surface area contributed by atoms with Crippen molar-refractivity contribution in [2.24, 2.45) is 10.2 Å². The summed E-state index contributed by atoms with van der Waals surface area (Å²) in [6.45, 7) is -0.613. The molecule has 1 heterocycles. The van der Waals surface area contributed by atoms with E-state index in [0.29, 0.717) is 0 Å². The summed E-state index contributed by atoms with van der Waals surface area (Å²) in [5.74, 6) is -2.49. The number of sulfonamides is 1. The summed E-state index contributed by atoms with van der Waals surface area (Å²) in [5, 5.41) is 33.0. The molecule has 17 nitrogen and oxygen atoms in total. The molecule has 0 saturated carbocycles. The van der Waals surface area contributed by atoms with Crippen molar-refractivity contribution in [1.29, 1.82) is 0 Å². The van der Waals surface area contributed by atoms with Gasteiger partial charge in [-0.05, 0) is 35.7 Å². The molecule has 0 amide bonds. The average Bonchev–Trinajstić information content (AvgIpc) is 2.90. The van der Waals surface area contributed by atoms with Gasteiger partial charge in [-0.1, -0.05) is 18.2 Å². The van der Waals surface area contributed by atoms with Gasteiger partial charge in [-0.3, -0.25) is 14.3 Å². The Kier molecular flexibility index (Phi) is 8.20. The maximum absolute atomic E-state index is 12.7. The Labute approximate surface area is 237 Å². The quantitative estimate of drug-likeness (QED) is 0.110. The zero-order valence-electron chi connectivity index (χ0n) is 21.7. The number of phenols is 1. The van der Waals surface area contributed by atoms with E-state index in [1.165, 1.54) is 44.4 Å². The maximum Gasteiger partial charge on any atom is 0.351 e. The van der Waals surface area contributed by atoms with Crippen LogP contribution >= 0.6 is 0 Å². The largest absolute Gasteiger partial charge is 0.505 e. The number of hydrogen-bond acceptors (Lipinski definition) is 13. The van der Waals surface area contributed by atoms with Gasteiger partial charge in [0, 0.05) is 19.5 Å². The lowest BCUT2D eigenvalue weighted by Gasteiger charge is -2.14. The van der Waals surface area contributed by atoms with Crippen molar-refractivity contribution < 1.29 is 36.4 Å². The lowest BCUT2D eigenvalue weighted by atomic mass is 10.1. The van der Waals surface area contributed by atoms with Crippen LogP contribution in [0.1, 0.15) is 0 Å². The van der Waals surface area contributed by atoms with Gasteiger partial charge in [0.05, 0.1) is 10.6 Å². The first-order chi connectivity index (χ1) is 19.7. The molecule has 0 radical (unpaired) electrons. The standard InChI is InChI=1S/C23H22N8O9S2/c1-31(2)41(36,37)17-6-4-3-5-14(17)29-30-15-8-7-12-9-13(42(38,39)40)10-16(19(12)20(15)34)25-22-26-21(24-11-18(32)33)27-23(35)28-22/h3-10,34H,11H2,1-2H3,(H,32,33)(H,38,39,40)(H3,24,25,26,27,28,35). The summed E-state index contributed by atoms with van der Waals surface area (Å²) < 4.78 is 59.9. The minimum absolute atomic E-state index is 0.0225. The van der Waals surface area contributed by atoms with Crippen LogP contribution in [0.2, 0.25) is 0 Å². The van der Waals surface area contributed by atoms with Crippen LogP contribution in [-0.2, 0) is 24.9 Å². The van der Waals surface area contributed by atoms with Gasteiger partial charge in [0.15, 0.2) is 5.75 Å². The number of aromatic nitrogens is 3. The Morgan fingerprint density at radius 2 is 1.71 bits per heavy atom. The molecule has 1 aromatic heterocycles. The van der Waals surface area contributed by atoms with Gasteiger partial charge < -0.3 is 20.8 Å². The van der Waals surface area contributed by atoms with Crippen molar-refractivity contribution >= 4 is 65.8 Å². The third kappa shape index (κ3) is 6.49. The molecule has 4 aromatic rings. The molecule has 0 fully saturated rings. The molecule has 0 atom stereocenters. The normalized spacial score (nSPS) is 12.2. The fourth-order valence-electron chi connectivity index (χ4n) is 3.60. The Morgan fingerprint density at radius 1 is 1.02 bits per heavy atom. The second-order valence-electron chi connectivity index (χ2n) is 8.63. The Hall–Kier alpha value is -4.98. The number of aromatic amines is 1. The highest BCUT2D eigenvalue weighted by atomic mass is 32.2. The summed E-state index contributed by atoms with van der Waals surface area (Å²) in [7, 11) is -5.93. The van der Waals surface area contributed by atoms with Crippen LogP contribution in [0, 0.1) is 0 Å². The number of anilines is 3. The molecule has 4 rings (SSSR count). The van der Waals surface area contributed by atoms with Gasteiger partial charge in [0.25, 0.3) is 10.1 Å². The van der Waals surface area contributed by atoms with E-state index in [0.717, 1.165) is 16.4 Å². The number of rotatable bonds is 10. The fourth-order valence-corrected chi connectivity index (χ4v) is 5.16. The number of nitrogens with one attached hydrogen (secondary N) is 3. The van der Waals surface area contributed by atoms with Crippen molar-refractivity contribution in [2.45, 2.75) is 9.79 Å². The number of carbonyl (C=O) groups is 1. The van der Waals surface area contributed by atoms with E-state index < -0.39 is 49.0 Å². The molecule has 0 unspecified atom stereocenters. The van der Waals surface area contributed by atoms with Gasteiger partial charge in [0.1, 0.15) is 22.8 Å². The minimum Gasteiger partial charge on any atom is -0.505 e. The van der Waals surface area contributed by atoms with E-state index in [4.69, 9.17) is 5.11 Å². The molecule has 0 aliphatic carbocycles. The van der Waals surface area contributed by atoms with E-state index >= 15 is 0 Å². The lowest BCUT2D eigenvalue weighted by Crippen LogP contribution is -2.22. The number of carboxylic acid groups (broad SMARTS) is 1. The number of phenolic OH excluding ortho intramolecular Hbond substituents is 1. The van der Waals surface area contributed by atoms with E-state index in [1.807, 2.05) is 0 Å². The highest BCUT2D eigenvalue weighted by Gasteiger charge is 2.22. The maximum atomic E-state index is 12.7. The number of H-pyrrole nitrogens is 1. The van der Waals surface area contributed by atoms with E-state index in [9.17, 15) is 36.1 Å². The van der Waals surface area contributed by atoms with E-state index in [-0.39, 0.29) is 44.6 Å². The molecule has 0 saturated heterocycles. The average molecular weight is 619 g/mol. The van der Waals surface area contributed by atoms with Crippen molar-refractivity contribution in [3.63, 3.8) is 0 Å². The van der Waals surface area contributed by atoms with Gasteiger partial charge in [0.2, 0.25) is 21.9 Å². The summed E-state index contributed by atoms with van der Waals surface area (Å²) in [6.07, 6.45) is 0. The van der Waals surface area contributed by atoms with Crippen molar-refractivity contribution in [3.05, 3.63) is 59.0 Å². The van der Waals surface area contributed by atoms with Crippen LogP contribution in [0.15, 0.2) is 73.3 Å². The van der Waals surface area contributed by atoms with Crippen LogP contribution in [0.25, 0.3) is 10.8 Å². The topological polar surface area (TPSA) is 257 Å². The number of nitrogens with zero attached hydrogens (tertiary/aromatic N) is 5.